The van der Waals surface area contributed by atoms with Gasteiger partial charge in [-0.25, -0.2) is 14.4 Å². The molecule has 0 radical (unpaired) electrons. The summed E-state index contributed by atoms with van der Waals surface area (Å²) in [5.41, 5.74) is -3.49. The summed E-state index contributed by atoms with van der Waals surface area (Å²) in [6.45, 7) is 0. The fourth-order valence-corrected chi connectivity index (χ4v) is 1.05. The van der Waals surface area contributed by atoms with Crippen molar-refractivity contribution in [3.05, 3.63) is 31.5 Å². The van der Waals surface area contributed by atoms with Crippen molar-refractivity contribution in [2.45, 2.75) is 0 Å². The first-order valence-electron chi connectivity index (χ1n) is 2.46. The van der Waals surface area contributed by atoms with Crippen molar-refractivity contribution in [1.82, 2.24) is 12.3 Å². The Morgan fingerprint density at radius 1 is 0.600 bits per heavy atom. The third-order valence-electron chi connectivity index (χ3n) is 1.01. The number of aromatic nitrogens is 3. The Morgan fingerprint density at radius 3 is 0.867 bits per heavy atom. The van der Waals surface area contributed by atoms with Crippen LogP contribution in [0.1, 0.15) is 0 Å². The molecule has 0 aliphatic carbocycles. The minimum atomic E-state index is -1.16. The molecule has 0 spiro atoms. The molecular formula is C3H3Cl3K3N3O3. The van der Waals surface area contributed by atoms with E-state index < -0.39 is 17.1 Å². The Bertz CT molecular complexity index is 391. The third kappa shape index (κ3) is 6.00. The quantitative estimate of drug-likeness (QED) is 0.475. The average molecular weight is 353 g/mol. The SMILES string of the molecule is O=c1n(Cl)c(=O)n(Cl)c(=O)n1Cl.[KH].[KH].[KH]. The van der Waals surface area contributed by atoms with E-state index in [1.165, 1.54) is 0 Å². The van der Waals surface area contributed by atoms with Crippen LogP contribution in [0.4, 0.5) is 0 Å². The Hall–Kier alpha value is 4.19. The van der Waals surface area contributed by atoms with E-state index in [1.807, 2.05) is 0 Å². The molecule has 0 unspecified atom stereocenters. The zero-order chi connectivity index (χ0) is 9.46. The molecule has 1 rings (SSSR count). The summed E-state index contributed by atoms with van der Waals surface area (Å²) in [6.07, 6.45) is 0. The van der Waals surface area contributed by atoms with E-state index in [0.29, 0.717) is 0 Å². The van der Waals surface area contributed by atoms with Gasteiger partial charge in [0.25, 0.3) is 0 Å². The zero-order valence-electron chi connectivity index (χ0n) is 5.20. The molecule has 0 aliphatic heterocycles. The van der Waals surface area contributed by atoms with Gasteiger partial charge in [0, 0.05) is 35.3 Å². The Balaban J connectivity index is -0.000000480. The predicted octanol–water partition coefficient (Wildman–Crippen LogP) is -2.77. The van der Waals surface area contributed by atoms with Crippen molar-refractivity contribution in [2.24, 2.45) is 0 Å². The van der Waals surface area contributed by atoms with Gasteiger partial charge in [-0.15, -0.1) is 12.3 Å². The van der Waals surface area contributed by atoms with Gasteiger partial charge in [0.1, 0.15) is 0 Å². The van der Waals surface area contributed by atoms with Crippen molar-refractivity contribution >= 4 is 189 Å². The van der Waals surface area contributed by atoms with Crippen molar-refractivity contribution < 1.29 is 0 Å². The second-order valence-electron chi connectivity index (χ2n) is 1.69. The zero-order valence-corrected chi connectivity index (χ0v) is 7.47. The van der Waals surface area contributed by atoms with Crippen molar-refractivity contribution in [3.63, 3.8) is 0 Å². The summed E-state index contributed by atoms with van der Waals surface area (Å²) in [5, 5.41) is 0. The van der Waals surface area contributed by atoms with Crippen LogP contribution in [0.25, 0.3) is 0 Å². The van der Waals surface area contributed by atoms with Crippen LogP contribution in [-0.2, 0) is 0 Å². The molecule has 72 valence electrons. The molecule has 6 nitrogen and oxygen atoms in total. The second-order valence-corrected chi connectivity index (χ2v) is 2.70. The van der Waals surface area contributed by atoms with Crippen LogP contribution in [0, 0.1) is 0 Å². The Labute approximate surface area is 226 Å². The van der Waals surface area contributed by atoms with Crippen LogP contribution in [0.3, 0.4) is 0 Å². The number of halogens is 3. The molecular weight excluding hydrogens is 350 g/mol. The van der Waals surface area contributed by atoms with Gasteiger partial charge in [0.2, 0.25) is 0 Å². The summed E-state index contributed by atoms with van der Waals surface area (Å²) in [6, 6.07) is 0. The van der Waals surface area contributed by atoms with Crippen molar-refractivity contribution in [1.29, 1.82) is 0 Å². The molecule has 0 aromatic carbocycles. The minimum absolute atomic E-state index is 0. The molecule has 1 aromatic heterocycles. The Kier molecular flexibility index (Phi) is 17.6. The first kappa shape index (κ1) is 24.2. The molecule has 0 saturated heterocycles. The standard InChI is InChI=1S/C3Cl3N3O3.3K.3H/c4-7-1(10)8(5)3(12)9(6)2(7)11;;;;;;. The van der Waals surface area contributed by atoms with E-state index >= 15 is 0 Å². The molecule has 0 N–H and O–H groups in total. The second kappa shape index (κ2) is 10.9. The fraction of sp³-hybridized carbons (Fsp3) is 0. The van der Waals surface area contributed by atoms with E-state index in [2.05, 4.69) is 0 Å². The predicted molar refractivity (Wildman–Crippen MR) is 64.4 cm³/mol. The van der Waals surface area contributed by atoms with Crippen LogP contribution < -0.4 is 17.1 Å². The fourth-order valence-electron chi connectivity index (χ4n) is 0.477. The molecule has 0 aliphatic rings. The van der Waals surface area contributed by atoms with Crippen LogP contribution >= 0.6 is 35.3 Å². The van der Waals surface area contributed by atoms with Crippen LogP contribution in [0.5, 0.6) is 0 Å². The maximum atomic E-state index is 10.8. The summed E-state index contributed by atoms with van der Waals surface area (Å²) in [7, 11) is 0. The van der Waals surface area contributed by atoms with E-state index in [-0.39, 0.29) is 166 Å². The van der Waals surface area contributed by atoms with Crippen LogP contribution in [0.2, 0.25) is 0 Å². The molecule has 15 heavy (non-hydrogen) atoms. The summed E-state index contributed by atoms with van der Waals surface area (Å²) >= 11 is 15.3. The normalized spacial score (nSPS) is 8.20. The van der Waals surface area contributed by atoms with Gasteiger partial charge in [0.15, 0.2) is 0 Å². The van der Waals surface area contributed by atoms with Crippen molar-refractivity contribution in [3.8, 4) is 0 Å². The van der Waals surface area contributed by atoms with Gasteiger partial charge in [0.05, 0.1) is 0 Å². The van der Waals surface area contributed by atoms with E-state index in [0.717, 1.165) is 0 Å². The summed E-state index contributed by atoms with van der Waals surface area (Å²) < 4.78 is 0.254. The molecule has 1 aromatic rings. The van der Waals surface area contributed by atoms with Gasteiger partial charge >= 0.3 is 171 Å². The van der Waals surface area contributed by atoms with Crippen LogP contribution in [0.15, 0.2) is 14.4 Å². The van der Waals surface area contributed by atoms with E-state index in [1.54, 1.807) is 0 Å². The monoisotopic (exact) mass is 351 g/mol. The van der Waals surface area contributed by atoms with Gasteiger partial charge in [-0.3, -0.25) is 0 Å². The van der Waals surface area contributed by atoms with E-state index in [9.17, 15) is 14.4 Å². The molecule has 0 fully saturated rings. The third-order valence-corrected chi connectivity index (χ3v) is 1.88. The number of hydrogen-bond donors (Lipinski definition) is 0. The van der Waals surface area contributed by atoms with Crippen LogP contribution in [-0.4, -0.2) is 166 Å². The molecule has 0 saturated carbocycles. The Morgan fingerprint density at radius 2 is 0.733 bits per heavy atom. The molecule has 0 bridgehead atoms. The number of nitrogens with zero attached hydrogens (tertiary/aromatic N) is 3. The molecule has 0 atom stereocenters. The average Bonchev–Trinajstić information content (AvgIpc) is 2.08. The first-order valence-corrected chi connectivity index (χ1v) is 3.48. The number of hydrogen-bond acceptors (Lipinski definition) is 3. The number of rotatable bonds is 0. The van der Waals surface area contributed by atoms with Gasteiger partial charge in [-0.1, -0.05) is 0 Å². The molecule has 0 amide bonds. The summed E-state index contributed by atoms with van der Waals surface area (Å²) in [4.78, 5) is 32.3. The molecule has 1 heterocycles. The topological polar surface area (TPSA) is 66.0 Å². The van der Waals surface area contributed by atoms with E-state index in [4.69, 9.17) is 35.3 Å². The molecule has 12 heteroatoms. The van der Waals surface area contributed by atoms with Gasteiger partial charge in [-0.2, -0.15) is 0 Å². The van der Waals surface area contributed by atoms with Gasteiger partial charge < -0.3 is 0 Å². The first-order chi connectivity index (χ1) is 5.46. The van der Waals surface area contributed by atoms with Crippen molar-refractivity contribution in [2.75, 3.05) is 0 Å². The van der Waals surface area contributed by atoms with Gasteiger partial charge in [-0.05, 0) is 0 Å². The summed E-state index contributed by atoms with van der Waals surface area (Å²) in [5.74, 6) is 0. The maximum absolute atomic E-state index is 10.8.